The van der Waals surface area contributed by atoms with Gasteiger partial charge in [0.2, 0.25) is 0 Å². The zero-order valence-corrected chi connectivity index (χ0v) is 18.0. The summed E-state index contributed by atoms with van der Waals surface area (Å²) < 4.78 is 11.2. The number of amides is 1. The Morgan fingerprint density at radius 3 is 2.63 bits per heavy atom. The second kappa shape index (κ2) is 9.06. The predicted molar refractivity (Wildman–Crippen MR) is 115 cm³/mol. The van der Waals surface area contributed by atoms with E-state index in [0.717, 1.165) is 48.9 Å². The van der Waals surface area contributed by atoms with Crippen molar-refractivity contribution in [2.24, 2.45) is 5.92 Å². The maximum atomic E-state index is 12.7. The van der Waals surface area contributed by atoms with Gasteiger partial charge in [0.25, 0.3) is 5.91 Å². The molecule has 1 aromatic carbocycles. The van der Waals surface area contributed by atoms with Gasteiger partial charge in [-0.2, -0.15) is 0 Å². The van der Waals surface area contributed by atoms with Gasteiger partial charge in [-0.05, 0) is 75.2 Å². The van der Waals surface area contributed by atoms with Gasteiger partial charge < -0.3 is 14.3 Å². The maximum Gasteiger partial charge on any atom is 0.273 e. The average Bonchev–Trinajstić information content (AvgIpc) is 3.39. The van der Waals surface area contributed by atoms with Crippen LogP contribution in [0.3, 0.4) is 0 Å². The molecule has 30 heavy (non-hydrogen) atoms. The van der Waals surface area contributed by atoms with E-state index in [-0.39, 0.29) is 17.6 Å². The molecule has 1 aliphatic heterocycles. The molecule has 2 aromatic heterocycles. The monoisotopic (exact) mass is 427 g/mol. The van der Waals surface area contributed by atoms with E-state index in [1.54, 1.807) is 18.2 Å². The van der Waals surface area contributed by atoms with Crippen LogP contribution >= 0.6 is 11.6 Å². The van der Waals surface area contributed by atoms with Crippen LogP contribution in [0.2, 0.25) is 5.02 Å². The number of benzene rings is 1. The third-order valence-corrected chi connectivity index (χ3v) is 5.93. The van der Waals surface area contributed by atoms with Crippen LogP contribution in [0.4, 0.5) is 0 Å². The first-order valence-electron chi connectivity index (χ1n) is 10.3. The molecule has 0 bridgehead atoms. The topological polar surface area (TPSA) is 71.5 Å². The fourth-order valence-corrected chi connectivity index (χ4v) is 3.92. The van der Waals surface area contributed by atoms with Gasteiger partial charge in [-0.1, -0.05) is 23.7 Å². The molecule has 0 unspecified atom stereocenters. The largest absolute Gasteiger partial charge is 0.465 e. The number of hydrogen-bond donors (Lipinski definition) is 1. The normalized spacial score (nSPS) is 16.5. The van der Waals surface area contributed by atoms with Crippen LogP contribution in [0, 0.1) is 12.8 Å². The van der Waals surface area contributed by atoms with E-state index in [4.69, 9.17) is 20.5 Å². The van der Waals surface area contributed by atoms with Crippen molar-refractivity contribution in [1.29, 1.82) is 0 Å². The number of carbonyl (C=O) groups is 1. The average molecular weight is 428 g/mol. The van der Waals surface area contributed by atoms with Gasteiger partial charge >= 0.3 is 0 Å². The number of furan rings is 1. The maximum absolute atomic E-state index is 12.7. The van der Waals surface area contributed by atoms with Gasteiger partial charge in [0, 0.05) is 23.2 Å². The van der Waals surface area contributed by atoms with E-state index in [2.05, 4.69) is 22.3 Å². The predicted octanol–water partition coefficient (Wildman–Crippen LogP) is 5.10. The molecular weight excluding hydrogens is 402 g/mol. The van der Waals surface area contributed by atoms with Crippen molar-refractivity contribution in [1.82, 2.24) is 15.4 Å². The molecule has 1 atom stereocenters. The Morgan fingerprint density at radius 1 is 1.23 bits per heavy atom. The number of hydrogen-bond acceptors (Lipinski definition) is 5. The number of nitrogens with zero attached hydrogens (tertiary/aromatic N) is 2. The van der Waals surface area contributed by atoms with Crippen LogP contribution in [0.1, 0.15) is 47.8 Å². The fraction of sp³-hybridized carbons (Fsp3) is 0.391. The fourth-order valence-electron chi connectivity index (χ4n) is 3.79. The molecule has 0 aliphatic carbocycles. The van der Waals surface area contributed by atoms with Gasteiger partial charge in [0.15, 0.2) is 11.5 Å². The molecule has 3 aromatic rings. The third-order valence-electron chi connectivity index (χ3n) is 5.68. The first-order chi connectivity index (χ1) is 14.5. The molecule has 1 amide bonds. The van der Waals surface area contributed by atoms with Crippen molar-refractivity contribution < 1.29 is 13.7 Å². The number of likely N-dealkylation sites (tertiary alicyclic amines) is 1. The summed E-state index contributed by atoms with van der Waals surface area (Å²) in [5.41, 5.74) is 1.07. The van der Waals surface area contributed by atoms with Crippen molar-refractivity contribution in [3.63, 3.8) is 0 Å². The summed E-state index contributed by atoms with van der Waals surface area (Å²) in [6.07, 6.45) is 2.30. The molecule has 7 heteroatoms. The zero-order valence-electron chi connectivity index (χ0n) is 17.2. The van der Waals surface area contributed by atoms with Crippen LogP contribution < -0.4 is 5.32 Å². The molecule has 158 valence electrons. The van der Waals surface area contributed by atoms with Crippen molar-refractivity contribution in [2.75, 3.05) is 19.6 Å². The highest BCUT2D eigenvalue weighted by Gasteiger charge is 2.27. The van der Waals surface area contributed by atoms with E-state index in [0.29, 0.717) is 17.3 Å². The van der Waals surface area contributed by atoms with Crippen molar-refractivity contribution in [2.45, 2.75) is 32.7 Å². The lowest BCUT2D eigenvalue weighted by atomic mass is 9.97. The number of aryl methyl sites for hydroxylation is 1. The third kappa shape index (κ3) is 4.77. The van der Waals surface area contributed by atoms with Crippen molar-refractivity contribution in [3.05, 3.63) is 64.7 Å². The van der Waals surface area contributed by atoms with Gasteiger partial charge in [-0.25, -0.2) is 0 Å². The minimum Gasteiger partial charge on any atom is -0.465 e. The first-order valence-corrected chi connectivity index (χ1v) is 10.7. The quantitative estimate of drug-likeness (QED) is 0.592. The van der Waals surface area contributed by atoms with Gasteiger partial charge in [-0.3, -0.25) is 9.69 Å². The lowest BCUT2D eigenvalue weighted by molar-refractivity contribution is 0.0887. The Hall–Kier alpha value is -2.57. The summed E-state index contributed by atoms with van der Waals surface area (Å²) in [4.78, 5) is 15.1. The summed E-state index contributed by atoms with van der Waals surface area (Å²) in [6, 6.07) is 12.8. The summed E-state index contributed by atoms with van der Waals surface area (Å²) in [6.45, 7) is 6.65. The van der Waals surface area contributed by atoms with Gasteiger partial charge in [0.1, 0.15) is 11.5 Å². The van der Waals surface area contributed by atoms with Crippen LogP contribution in [-0.2, 0) is 0 Å². The highest BCUT2D eigenvalue weighted by Crippen LogP contribution is 2.28. The number of rotatable bonds is 6. The molecule has 1 aliphatic rings. The lowest BCUT2D eigenvalue weighted by Gasteiger charge is -2.35. The minimum atomic E-state index is -0.266. The van der Waals surface area contributed by atoms with E-state index in [1.807, 2.05) is 31.2 Å². The molecule has 0 radical (unpaired) electrons. The van der Waals surface area contributed by atoms with Crippen LogP contribution in [0.15, 0.2) is 51.4 Å². The number of piperidine rings is 1. The Labute approximate surface area is 181 Å². The van der Waals surface area contributed by atoms with Crippen molar-refractivity contribution >= 4 is 17.5 Å². The molecule has 3 heterocycles. The number of halogens is 1. The Kier molecular flexibility index (Phi) is 6.25. The van der Waals surface area contributed by atoms with E-state index >= 15 is 0 Å². The Balaban J connectivity index is 1.44. The molecule has 1 fully saturated rings. The Bertz CT molecular complexity index is 987. The Morgan fingerprint density at radius 2 is 1.97 bits per heavy atom. The molecule has 6 nitrogen and oxygen atoms in total. The molecular formula is C23H26ClN3O3. The highest BCUT2D eigenvalue weighted by atomic mass is 35.5. The van der Waals surface area contributed by atoms with Gasteiger partial charge in [0.05, 0.1) is 6.04 Å². The van der Waals surface area contributed by atoms with Crippen LogP contribution in [0.25, 0.3) is 11.3 Å². The lowest BCUT2D eigenvalue weighted by Crippen LogP contribution is -2.41. The zero-order chi connectivity index (χ0) is 21.1. The summed E-state index contributed by atoms with van der Waals surface area (Å²) in [5.74, 6) is 2.74. The molecule has 1 N–H and O–H groups in total. The van der Waals surface area contributed by atoms with E-state index in [1.165, 1.54) is 0 Å². The summed E-state index contributed by atoms with van der Waals surface area (Å²) in [5, 5.41) is 7.58. The minimum absolute atomic E-state index is 0.00205. The van der Waals surface area contributed by atoms with E-state index in [9.17, 15) is 4.79 Å². The van der Waals surface area contributed by atoms with Crippen LogP contribution in [-0.4, -0.2) is 35.6 Å². The second-order valence-corrected chi connectivity index (χ2v) is 8.41. The molecule has 0 spiro atoms. The second-order valence-electron chi connectivity index (χ2n) is 7.98. The SMILES string of the molecule is Cc1ccc([C@H](CNC(=O)c2cc(-c3ccc(Cl)cc3)on2)N2CCC(C)CC2)o1. The molecule has 1 saturated heterocycles. The molecule has 4 rings (SSSR count). The van der Waals surface area contributed by atoms with Crippen LogP contribution in [0.5, 0.6) is 0 Å². The van der Waals surface area contributed by atoms with Gasteiger partial charge in [-0.15, -0.1) is 0 Å². The molecule has 0 saturated carbocycles. The standard InChI is InChI=1S/C23H26ClN3O3/c1-15-9-11-27(12-10-15)20(21-8-3-16(2)29-21)14-25-23(28)19-13-22(30-26-19)17-4-6-18(24)7-5-17/h3-8,13,15,20H,9-12,14H2,1-2H3,(H,25,28)/t20-/m0/s1. The number of carbonyl (C=O) groups excluding carboxylic acids is 1. The summed E-state index contributed by atoms with van der Waals surface area (Å²) >= 11 is 5.93. The van der Waals surface area contributed by atoms with Crippen molar-refractivity contribution in [3.8, 4) is 11.3 Å². The smallest absolute Gasteiger partial charge is 0.273 e. The summed E-state index contributed by atoms with van der Waals surface area (Å²) in [7, 11) is 0. The van der Waals surface area contributed by atoms with E-state index < -0.39 is 0 Å². The highest BCUT2D eigenvalue weighted by molar-refractivity contribution is 6.30. The number of aromatic nitrogens is 1. The number of nitrogens with one attached hydrogen (secondary N) is 1. The first kappa shape index (κ1) is 20.7.